The molecule has 0 saturated carbocycles. The topological polar surface area (TPSA) is 65.0 Å². The highest BCUT2D eigenvalue weighted by Gasteiger charge is 2.19. The molecule has 0 saturated heterocycles. The summed E-state index contributed by atoms with van der Waals surface area (Å²) >= 11 is 5.88. The lowest BCUT2D eigenvalue weighted by Crippen LogP contribution is -1.97. The number of phenolic OH excluding ortho intramolecular Hbond substituents is 1. The van der Waals surface area contributed by atoms with Crippen LogP contribution in [0.15, 0.2) is 36.4 Å². The third-order valence-electron chi connectivity index (χ3n) is 3.36. The number of rotatable bonds is 6. The fraction of sp³-hybridized carbons (Fsp3) is 0.167. The Morgan fingerprint density at radius 3 is 2.38 bits per heavy atom. The normalized spacial score (nSPS) is 10.7. The van der Waals surface area contributed by atoms with Crippen LogP contribution in [0.3, 0.4) is 0 Å². The molecule has 2 rings (SSSR count). The number of hydrogen-bond acceptors (Lipinski definition) is 5. The van der Waals surface area contributed by atoms with Crippen LogP contribution in [0.1, 0.15) is 15.9 Å². The standard InChI is InChI=1S/C18H17ClO5/c1-22-15-10-12(16(21)18(24-3)17(15)23-2)7-8-14(20)11-5-4-6-13(19)9-11/h4-10,21H,1-3H3. The van der Waals surface area contributed by atoms with Crippen molar-refractivity contribution in [2.75, 3.05) is 21.3 Å². The Morgan fingerprint density at radius 2 is 1.79 bits per heavy atom. The smallest absolute Gasteiger partial charge is 0.207 e. The van der Waals surface area contributed by atoms with Gasteiger partial charge in [-0.25, -0.2) is 0 Å². The summed E-state index contributed by atoms with van der Waals surface area (Å²) in [5.74, 6) is 0.389. The minimum absolute atomic E-state index is 0.131. The molecular formula is C18H17ClO5. The summed E-state index contributed by atoms with van der Waals surface area (Å²) in [7, 11) is 4.32. The second-order valence-electron chi connectivity index (χ2n) is 4.79. The van der Waals surface area contributed by atoms with E-state index in [1.807, 2.05) is 0 Å². The van der Waals surface area contributed by atoms with Crippen molar-refractivity contribution in [1.29, 1.82) is 0 Å². The Hall–Kier alpha value is -2.66. The number of benzene rings is 2. The number of ketones is 1. The van der Waals surface area contributed by atoms with Crippen LogP contribution in [0.25, 0.3) is 6.08 Å². The summed E-state index contributed by atoms with van der Waals surface area (Å²) in [5.41, 5.74) is 0.811. The number of carbonyl (C=O) groups is 1. The van der Waals surface area contributed by atoms with Crippen LogP contribution in [0.2, 0.25) is 5.02 Å². The largest absolute Gasteiger partial charge is 0.504 e. The molecule has 0 spiro atoms. The van der Waals surface area contributed by atoms with Crippen molar-refractivity contribution in [2.24, 2.45) is 0 Å². The summed E-state index contributed by atoms with van der Waals surface area (Å²) < 4.78 is 15.6. The van der Waals surface area contributed by atoms with E-state index in [0.29, 0.717) is 21.9 Å². The zero-order chi connectivity index (χ0) is 17.7. The number of allylic oxidation sites excluding steroid dienone is 1. The van der Waals surface area contributed by atoms with Crippen LogP contribution in [0, 0.1) is 0 Å². The van der Waals surface area contributed by atoms with E-state index in [1.54, 1.807) is 30.3 Å². The van der Waals surface area contributed by atoms with Gasteiger partial charge in [0.25, 0.3) is 0 Å². The number of methoxy groups -OCH3 is 3. The van der Waals surface area contributed by atoms with Gasteiger partial charge < -0.3 is 19.3 Å². The minimum Gasteiger partial charge on any atom is -0.504 e. The fourth-order valence-corrected chi connectivity index (χ4v) is 2.38. The van der Waals surface area contributed by atoms with Crippen LogP contribution < -0.4 is 14.2 Å². The Morgan fingerprint density at radius 1 is 1.08 bits per heavy atom. The molecule has 0 bridgehead atoms. The third kappa shape index (κ3) is 3.63. The summed E-state index contributed by atoms with van der Waals surface area (Å²) in [4.78, 5) is 12.2. The lowest BCUT2D eigenvalue weighted by Gasteiger charge is -2.15. The highest BCUT2D eigenvalue weighted by atomic mass is 35.5. The molecule has 5 nitrogen and oxygen atoms in total. The molecule has 0 amide bonds. The van der Waals surface area contributed by atoms with E-state index in [1.165, 1.54) is 33.5 Å². The number of ether oxygens (including phenoxy) is 3. The average molecular weight is 349 g/mol. The molecule has 0 atom stereocenters. The Kier molecular flexibility index (Phi) is 5.71. The van der Waals surface area contributed by atoms with Gasteiger partial charge in [-0.15, -0.1) is 0 Å². The molecule has 0 aliphatic heterocycles. The van der Waals surface area contributed by atoms with Crippen molar-refractivity contribution in [1.82, 2.24) is 0 Å². The molecule has 0 heterocycles. The van der Waals surface area contributed by atoms with Crippen molar-refractivity contribution < 1.29 is 24.1 Å². The molecule has 2 aromatic rings. The number of carbonyl (C=O) groups excluding carboxylic acids is 1. The molecule has 126 valence electrons. The van der Waals surface area contributed by atoms with Gasteiger partial charge in [0.1, 0.15) is 0 Å². The van der Waals surface area contributed by atoms with E-state index < -0.39 is 0 Å². The van der Waals surface area contributed by atoms with Gasteiger partial charge in [0.2, 0.25) is 11.5 Å². The maximum atomic E-state index is 12.2. The van der Waals surface area contributed by atoms with Crippen molar-refractivity contribution >= 4 is 23.5 Å². The summed E-state index contributed by atoms with van der Waals surface area (Å²) in [6, 6.07) is 8.17. The number of aromatic hydroxyl groups is 1. The van der Waals surface area contributed by atoms with Crippen LogP contribution in [-0.2, 0) is 0 Å². The SMILES string of the molecule is COc1cc(C=CC(=O)c2cccc(Cl)c2)c(O)c(OC)c1OC. The number of phenols is 1. The summed E-state index contributed by atoms with van der Waals surface area (Å²) in [6.07, 6.45) is 2.81. The van der Waals surface area contributed by atoms with E-state index in [-0.39, 0.29) is 23.0 Å². The second-order valence-corrected chi connectivity index (χ2v) is 5.23. The van der Waals surface area contributed by atoms with Gasteiger partial charge in [-0.05, 0) is 30.4 Å². The van der Waals surface area contributed by atoms with Gasteiger partial charge in [-0.1, -0.05) is 23.7 Å². The highest BCUT2D eigenvalue weighted by molar-refractivity contribution is 6.31. The molecule has 0 aliphatic rings. The molecule has 24 heavy (non-hydrogen) atoms. The molecule has 6 heteroatoms. The van der Waals surface area contributed by atoms with Crippen LogP contribution in [-0.4, -0.2) is 32.2 Å². The van der Waals surface area contributed by atoms with E-state index in [4.69, 9.17) is 25.8 Å². The van der Waals surface area contributed by atoms with Gasteiger partial charge in [-0.2, -0.15) is 0 Å². The first-order valence-corrected chi connectivity index (χ1v) is 7.39. The molecular weight excluding hydrogens is 332 g/mol. The summed E-state index contributed by atoms with van der Waals surface area (Å²) in [6.45, 7) is 0. The van der Waals surface area contributed by atoms with Crippen molar-refractivity contribution in [3.63, 3.8) is 0 Å². The first-order chi connectivity index (χ1) is 11.5. The Balaban J connectivity index is 2.40. The van der Waals surface area contributed by atoms with Crippen molar-refractivity contribution in [2.45, 2.75) is 0 Å². The Bertz CT molecular complexity index is 783. The van der Waals surface area contributed by atoms with E-state index >= 15 is 0 Å². The number of halogens is 1. The van der Waals surface area contributed by atoms with Gasteiger partial charge in [-0.3, -0.25) is 4.79 Å². The van der Waals surface area contributed by atoms with Crippen LogP contribution in [0.4, 0.5) is 0 Å². The molecule has 2 aromatic carbocycles. The van der Waals surface area contributed by atoms with Gasteiger partial charge in [0, 0.05) is 16.1 Å². The fourth-order valence-electron chi connectivity index (χ4n) is 2.19. The first-order valence-electron chi connectivity index (χ1n) is 7.01. The maximum absolute atomic E-state index is 12.2. The highest BCUT2D eigenvalue weighted by Crippen LogP contribution is 2.46. The Labute approximate surface area is 145 Å². The third-order valence-corrected chi connectivity index (χ3v) is 3.59. The van der Waals surface area contributed by atoms with E-state index in [0.717, 1.165) is 0 Å². The summed E-state index contributed by atoms with van der Waals surface area (Å²) in [5, 5.41) is 10.8. The van der Waals surface area contributed by atoms with Crippen molar-refractivity contribution in [3.8, 4) is 23.0 Å². The average Bonchev–Trinajstić information content (AvgIpc) is 2.59. The van der Waals surface area contributed by atoms with E-state index in [9.17, 15) is 9.90 Å². The lowest BCUT2D eigenvalue weighted by atomic mass is 10.1. The molecule has 0 unspecified atom stereocenters. The zero-order valence-electron chi connectivity index (χ0n) is 13.5. The quantitative estimate of drug-likeness (QED) is 0.632. The molecule has 0 aromatic heterocycles. The molecule has 0 radical (unpaired) electrons. The zero-order valence-corrected chi connectivity index (χ0v) is 14.3. The minimum atomic E-state index is -0.245. The van der Waals surface area contributed by atoms with Gasteiger partial charge in [0.05, 0.1) is 21.3 Å². The van der Waals surface area contributed by atoms with Gasteiger partial charge in [0.15, 0.2) is 17.3 Å². The van der Waals surface area contributed by atoms with Crippen LogP contribution in [0.5, 0.6) is 23.0 Å². The number of hydrogen-bond donors (Lipinski definition) is 1. The van der Waals surface area contributed by atoms with Crippen LogP contribution >= 0.6 is 11.6 Å². The maximum Gasteiger partial charge on any atom is 0.207 e. The second kappa shape index (κ2) is 7.75. The molecule has 0 fully saturated rings. The predicted molar refractivity (Wildman–Crippen MR) is 92.6 cm³/mol. The lowest BCUT2D eigenvalue weighted by molar-refractivity contribution is 0.104. The van der Waals surface area contributed by atoms with Gasteiger partial charge >= 0.3 is 0 Å². The van der Waals surface area contributed by atoms with Crippen molar-refractivity contribution in [3.05, 3.63) is 52.6 Å². The van der Waals surface area contributed by atoms with E-state index in [2.05, 4.69) is 0 Å². The monoisotopic (exact) mass is 348 g/mol. The molecule has 1 N–H and O–H groups in total. The predicted octanol–water partition coefficient (Wildman–Crippen LogP) is 3.97. The molecule has 0 aliphatic carbocycles. The first kappa shape index (κ1) is 17.7.